The lowest BCUT2D eigenvalue weighted by atomic mass is 9.92. The maximum absolute atomic E-state index is 13.0. The zero-order valence-electron chi connectivity index (χ0n) is 16.1. The number of benzene rings is 2. The van der Waals surface area contributed by atoms with Crippen molar-refractivity contribution in [1.82, 2.24) is 0 Å². The smallest absolute Gasteiger partial charge is 0.265 e. The average molecular weight is 403 g/mol. The van der Waals surface area contributed by atoms with Gasteiger partial charge in [0.15, 0.2) is 0 Å². The first-order valence-corrected chi connectivity index (χ1v) is 11.2. The number of nitrogens with zero attached hydrogens (tertiary/aromatic N) is 1. The Hall–Kier alpha value is -2.25. The Morgan fingerprint density at radius 3 is 2.29 bits per heavy atom. The molecule has 0 atom stereocenters. The van der Waals surface area contributed by atoms with E-state index < -0.39 is 10.0 Å². The van der Waals surface area contributed by atoms with Crippen LogP contribution < -0.4 is 14.4 Å². The van der Waals surface area contributed by atoms with Crippen LogP contribution in [-0.2, 0) is 27.6 Å². The van der Waals surface area contributed by atoms with Gasteiger partial charge in [-0.15, -0.1) is 0 Å². The zero-order chi connectivity index (χ0) is 19.6. The summed E-state index contributed by atoms with van der Waals surface area (Å²) in [6.07, 6.45) is 4.11. The van der Waals surface area contributed by atoms with E-state index in [1.54, 1.807) is 18.2 Å². The lowest BCUT2D eigenvalue weighted by Gasteiger charge is -2.29. The Morgan fingerprint density at radius 2 is 1.64 bits per heavy atom. The van der Waals surface area contributed by atoms with Crippen LogP contribution in [0.25, 0.3) is 0 Å². The third kappa shape index (κ3) is 3.95. The first-order chi connectivity index (χ1) is 13.6. The van der Waals surface area contributed by atoms with Crippen molar-refractivity contribution in [2.75, 3.05) is 43.0 Å². The SMILES string of the molecule is COc1cc2c(cc1S(=O)(=O)Nc1ccc(N3CCOCC3)cc1)CCCC2. The van der Waals surface area contributed by atoms with Crippen LogP contribution in [-0.4, -0.2) is 41.8 Å². The van der Waals surface area contributed by atoms with E-state index in [0.29, 0.717) is 24.7 Å². The molecule has 2 aromatic rings. The summed E-state index contributed by atoms with van der Waals surface area (Å²) in [6, 6.07) is 11.1. The predicted octanol–water partition coefficient (Wildman–Crippen LogP) is 3.21. The fourth-order valence-electron chi connectivity index (χ4n) is 3.88. The van der Waals surface area contributed by atoms with Gasteiger partial charge in [-0.1, -0.05) is 0 Å². The average Bonchev–Trinajstić information content (AvgIpc) is 2.73. The molecule has 7 heteroatoms. The number of hydrogen-bond acceptors (Lipinski definition) is 5. The number of fused-ring (bicyclic) bond motifs is 1. The van der Waals surface area contributed by atoms with Crippen molar-refractivity contribution < 1.29 is 17.9 Å². The fourth-order valence-corrected chi connectivity index (χ4v) is 5.14. The topological polar surface area (TPSA) is 67.9 Å². The van der Waals surface area contributed by atoms with Gasteiger partial charge in [-0.05, 0) is 73.2 Å². The van der Waals surface area contributed by atoms with Crippen molar-refractivity contribution in [3.05, 3.63) is 47.5 Å². The summed E-state index contributed by atoms with van der Waals surface area (Å²) in [5.41, 5.74) is 3.90. The molecular weight excluding hydrogens is 376 g/mol. The first-order valence-electron chi connectivity index (χ1n) is 9.72. The molecule has 1 aliphatic heterocycles. The van der Waals surface area contributed by atoms with Crippen LogP contribution >= 0.6 is 0 Å². The minimum Gasteiger partial charge on any atom is -0.495 e. The number of nitrogens with one attached hydrogen (secondary N) is 1. The lowest BCUT2D eigenvalue weighted by Crippen LogP contribution is -2.36. The highest BCUT2D eigenvalue weighted by molar-refractivity contribution is 7.92. The summed E-state index contributed by atoms with van der Waals surface area (Å²) in [7, 11) is -2.22. The fraction of sp³-hybridized carbons (Fsp3) is 0.429. The van der Waals surface area contributed by atoms with Gasteiger partial charge in [0.1, 0.15) is 10.6 Å². The molecule has 6 nitrogen and oxygen atoms in total. The van der Waals surface area contributed by atoms with Crippen LogP contribution in [0.4, 0.5) is 11.4 Å². The van der Waals surface area contributed by atoms with Gasteiger partial charge in [-0.3, -0.25) is 4.72 Å². The molecule has 1 N–H and O–H groups in total. The molecular formula is C21H26N2O4S. The Balaban J connectivity index is 1.57. The number of methoxy groups -OCH3 is 1. The molecule has 0 spiro atoms. The van der Waals surface area contributed by atoms with Crippen molar-refractivity contribution in [2.45, 2.75) is 30.6 Å². The van der Waals surface area contributed by atoms with E-state index in [1.807, 2.05) is 18.2 Å². The molecule has 2 aromatic carbocycles. The van der Waals surface area contributed by atoms with Crippen LogP contribution in [0.5, 0.6) is 5.75 Å². The maximum atomic E-state index is 13.0. The van der Waals surface area contributed by atoms with Gasteiger partial charge in [-0.2, -0.15) is 0 Å². The third-order valence-corrected chi connectivity index (χ3v) is 6.82. The molecule has 0 amide bonds. The van der Waals surface area contributed by atoms with Gasteiger partial charge < -0.3 is 14.4 Å². The Labute approximate surface area is 166 Å². The van der Waals surface area contributed by atoms with Crippen LogP contribution in [0.1, 0.15) is 24.0 Å². The molecule has 0 unspecified atom stereocenters. The van der Waals surface area contributed by atoms with Crippen LogP contribution in [0, 0.1) is 0 Å². The van der Waals surface area contributed by atoms with E-state index in [-0.39, 0.29) is 4.90 Å². The molecule has 0 bridgehead atoms. The number of anilines is 2. The lowest BCUT2D eigenvalue weighted by molar-refractivity contribution is 0.122. The number of ether oxygens (including phenoxy) is 2. The molecule has 0 radical (unpaired) electrons. The third-order valence-electron chi connectivity index (χ3n) is 5.41. The second-order valence-corrected chi connectivity index (χ2v) is 8.88. The van der Waals surface area contributed by atoms with Gasteiger partial charge in [0.25, 0.3) is 10.0 Å². The van der Waals surface area contributed by atoms with Crippen molar-refractivity contribution in [1.29, 1.82) is 0 Å². The molecule has 2 aliphatic rings. The van der Waals surface area contributed by atoms with Crippen molar-refractivity contribution in [2.24, 2.45) is 0 Å². The van der Waals surface area contributed by atoms with E-state index in [9.17, 15) is 8.42 Å². The van der Waals surface area contributed by atoms with Crippen molar-refractivity contribution >= 4 is 21.4 Å². The standard InChI is InChI=1S/C21H26N2O4S/c1-26-20-14-16-4-2-3-5-17(16)15-21(20)28(24,25)22-18-6-8-19(9-7-18)23-10-12-27-13-11-23/h6-9,14-15,22H,2-5,10-13H2,1H3. The highest BCUT2D eigenvalue weighted by Gasteiger charge is 2.23. The second kappa shape index (κ2) is 8.01. The predicted molar refractivity (Wildman–Crippen MR) is 110 cm³/mol. The van der Waals surface area contributed by atoms with E-state index >= 15 is 0 Å². The number of sulfonamides is 1. The molecule has 4 rings (SSSR count). The molecule has 150 valence electrons. The zero-order valence-corrected chi connectivity index (χ0v) is 16.9. The second-order valence-electron chi connectivity index (χ2n) is 7.23. The number of rotatable bonds is 5. The first kappa shape index (κ1) is 19.1. The van der Waals surface area contributed by atoms with E-state index in [1.165, 1.54) is 12.7 Å². The van der Waals surface area contributed by atoms with Gasteiger partial charge in [0.2, 0.25) is 0 Å². The maximum Gasteiger partial charge on any atom is 0.265 e. The monoisotopic (exact) mass is 402 g/mol. The molecule has 1 aliphatic carbocycles. The van der Waals surface area contributed by atoms with Crippen molar-refractivity contribution in [3.63, 3.8) is 0 Å². The van der Waals surface area contributed by atoms with Crippen LogP contribution in [0.2, 0.25) is 0 Å². The summed E-state index contributed by atoms with van der Waals surface area (Å²) in [5.74, 6) is 0.401. The minimum atomic E-state index is -3.74. The van der Waals surface area contributed by atoms with Gasteiger partial charge in [0.05, 0.1) is 20.3 Å². The van der Waals surface area contributed by atoms with Gasteiger partial charge >= 0.3 is 0 Å². The molecule has 1 fully saturated rings. The van der Waals surface area contributed by atoms with E-state index in [4.69, 9.17) is 9.47 Å². The molecule has 1 heterocycles. The van der Waals surface area contributed by atoms with Crippen LogP contribution in [0.15, 0.2) is 41.3 Å². The Morgan fingerprint density at radius 1 is 1.00 bits per heavy atom. The summed E-state index contributed by atoms with van der Waals surface area (Å²) in [4.78, 5) is 2.43. The summed E-state index contributed by atoms with van der Waals surface area (Å²) < 4.78 is 39.5. The van der Waals surface area contributed by atoms with Gasteiger partial charge in [0, 0.05) is 24.5 Å². The van der Waals surface area contributed by atoms with E-state index in [0.717, 1.165) is 50.0 Å². The van der Waals surface area contributed by atoms with Gasteiger partial charge in [-0.25, -0.2) is 8.42 Å². The normalized spacial score (nSPS) is 17.1. The van der Waals surface area contributed by atoms with Crippen LogP contribution in [0.3, 0.4) is 0 Å². The summed E-state index contributed by atoms with van der Waals surface area (Å²) >= 11 is 0. The Bertz CT molecular complexity index is 936. The quantitative estimate of drug-likeness (QED) is 0.832. The summed E-state index contributed by atoms with van der Waals surface area (Å²) in [6.45, 7) is 3.12. The highest BCUT2D eigenvalue weighted by atomic mass is 32.2. The highest BCUT2D eigenvalue weighted by Crippen LogP contribution is 2.33. The largest absolute Gasteiger partial charge is 0.495 e. The molecule has 1 saturated heterocycles. The molecule has 28 heavy (non-hydrogen) atoms. The minimum absolute atomic E-state index is 0.202. The van der Waals surface area contributed by atoms with E-state index in [2.05, 4.69) is 9.62 Å². The number of morpholine rings is 1. The van der Waals surface area contributed by atoms with Crippen molar-refractivity contribution in [3.8, 4) is 5.75 Å². The number of hydrogen-bond donors (Lipinski definition) is 1. The molecule has 0 saturated carbocycles. The Kier molecular flexibility index (Phi) is 5.46. The molecule has 0 aromatic heterocycles. The number of aryl methyl sites for hydroxylation is 2. The summed E-state index contributed by atoms with van der Waals surface area (Å²) in [5, 5.41) is 0.